The van der Waals surface area contributed by atoms with Crippen LogP contribution in [0.25, 0.3) is 6.08 Å². The molecule has 1 aliphatic heterocycles. The molecule has 2 aromatic carbocycles. The fraction of sp³-hybridized carbons (Fsp3) is 0.0476. The molecular formula is C21H15ClN2O3S. The zero-order valence-corrected chi connectivity index (χ0v) is 16.1. The van der Waals surface area contributed by atoms with E-state index in [1.165, 1.54) is 11.8 Å². The second kappa shape index (κ2) is 7.96. The van der Waals surface area contributed by atoms with Gasteiger partial charge in [0.15, 0.2) is 0 Å². The van der Waals surface area contributed by atoms with Crippen molar-refractivity contribution in [2.24, 2.45) is 0 Å². The first-order valence-corrected chi connectivity index (χ1v) is 9.69. The quantitative estimate of drug-likeness (QED) is 0.597. The molecule has 140 valence electrons. The number of halogens is 1. The smallest absolute Gasteiger partial charge is 0.262 e. The van der Waals surface area contributed by atoms with E-state index in [2.05, 4.69) is 10.6 Å². The van der Waals surface area contributed by atoms with E-state index >= 15 is 0 Å². The Morgan fingerprint density at radius 2 is 2.04 bits per heavy atom. The molecule has 0 unspecified atom stereocenters. The van der Waals surface area contributed by atoms with Crippen molar-refractivity contribution in [2.75, 3.05) is 5.32 Å². The van der Waals surface area contributed by atoms with E-state index in [0.29, 0.717) is 33.5 Å². The van der Waals surface area contributed by atoms with Crippen LogP contribution in [0.2, 0.25) is 5.02 Å². The van der Waals surface area contributed by atoms with Crippen LogP contribution >= 0.6 is 23.4 Å². The molecule has 2 N–H and O–H groups in total. The number of thioether (sulfide) groups is 1. The number of fused-ring (bicyclic) bond motifs is 1. The summed E-state index contributed by atoms with van der Waals surface area (Å²) in [4.78, 5) is 26.2. The third kappa shape index (κ3) is 3.98. The SMILES string of the molecule is O=C1Nc2cc(C(=O)NCc3ccco3)ccc2SC1=Cc1ccccc1Cl. The molecule has 0 aliphatic carbocycles. The lowest BCUT2D eigenvalue weighted by Gasteiger charge is -2.19. The third-order valence-electron chi connectivity index (χ3n) is 4.13. The van der Waals surface area contributed by atoms with Crippen molar-refractivity contribution in [3.8, 4) is 0 Å². The van der Waals surface area contributed by atoms with Gasteiger partial charge in [0, 0.05) is 15.5 Å². The van der Waals surface area contributed by atoms with Crippen LogP contribution in [0, 0.1) is 0 Å². The van der Waals surface area contributed by atoms with E-state index in [1.54, 1.807) is 42.7 Å². The van der Waals surface area contributed by atoms with Crippen molar-refractivity contribution < 1.29 is 14.0 Å². The Hall–Kier alpha value is -2.96. The molecular weight excluding hydrogens is 396 g/mol. The summed E-state index contributed by atoms with van der Waals surface area (Å²) in [5.74, 6) is 0.200. The number of benzene rings is 2. The number of hydrogen-bond donors (Lipinski definition) is 2. The van der Waals surface area contributed by atoms with E-state index in [4.69, 9.17) is 16.0 Å². The van der Waals surface area contributed by atoms with Crippen molar-refractivity contribution in [2.45, 2.75) is 11.4 Å². The van der Waals surface area contributed by atoms with E-state index in [0.717, 1.165) is 10.5 Å². The predicted molar refractivity (Wildman–Crippen MR) is 110 cm³/mol. The molecule has 2 heterocycles. The minimum absolute atomic E-state index is 0.231. The van der Waals surface area contributed by atoms with Crippen molar-refractivity contribution in [1.29, 1.82) is 0 Å². The minimum atomic E-state index is -0.240. The topological polar surface area (TPSA) is 71.3 Å². The molecule has 0 fully saturated rings. The number of amides is 2. The maximum absolute atomic E-state index is 12.5. The van der Waals surface area contributed by atoms with Gasteiger partial charge in [0.25, 0.3) is 11.8 Å². The van der Waals surface area contributed by atoms with Crippen LogP contribution in [0.15, 0.2) is 75.1 Å². The van der Waals surface area contributed by atoms with Crippen molar-refractivity contribution in [1.82, 2.24) is 5.32 Å². The number of carbonyl (C=O) groups excluding carboxylic acids is 2. The highest BCUT2D eigenvalue weighted by Gasteiger charge is 2.22. The Bertz CT molecular complexity index is 1080. The fourth-order valence-electron chi connectivity index (χ4n) is 2.72. The second-order valence-corrected chi connectivity index (χ2v) is 7.55. The van der Waals surface area contributed by atoms with Gasteiger partial charge in [0.1, 0.15) is 5.76 Å². The van der Waals surface area contributed by atoms with Gasteiger partial charge in [-0.25, -0.2) is 0 Å². The molecule has 0 atom stereocenters. The Kier molecular flexibility index (Phi) is 5.23. The van der Waals surface area contributed by atoms with Crippen LogP contribution < -0.4 is 10.6 Å². The molecule has 0 bridgehead atoms. The van der Waals surface area contributed by atoms with Gasteiger partial charge in [-0.1, -0.05) is 41.6 Å². The first-order valence-electron chi connectivity index (χ1n) is 8.50. The number of hydrogen-bond acceptors (Lipinski definition) is 4. The number of carbonyl (C=O) groups is 2. The summed E-state index contributed by atoms with van der Waals surface area (Å²) in [7, 11) is 0. The molecule has 0 saturated carbocycles. The van der Waals surface area contributed by atoms with Gasteiger partial charge < -0.3 is 15.1 Å². The first-order chi connectivity index (χ1) is 13.6. The van der Waals surface area contributed by atoms with Gasteiger partial charge in [-0.05, 0) is 48.0 Å². The van der Waals surface area contributed by atoms with Crippen molar-refractivity contribution in [3.63, 3.8) is 0 Å². The van der Waals surface area contributed by atoms with Crippen LogP contribution in [-0.4, -0.2) is 11.8 Å². The normalized spacial score (nSPS) is 14.5. The molecule has 4 rings (SSSR count). The highest BCUT2D eigenvalue weighted by atomic mass is 35.5. The Balaban J connectivity index is 1.52. The summed E-state index contributed by atoms with van der Waals surface area (Å²) >= 11 is 7.52. The number of nitrogens with one attached hydrogen (secondary N) is 2. The van der Waals surface area contributed by atoms with Gasteiger partial charge >= 0.3 is 0 Å². The monoisotopic (exact) mass is 410 g/mol. The highest BCUT2D eigenvalue weighted by molar-refractivity contribution is 8.04. The first kappa shape index (κ1) is 18.4. The summed E-state index contributed by atoms with van der Waals surface area (Å²) < 4.78 is 5.20. The van der Waals surface area contributed by atoms with E-state index < -0.39 is 0 Å². The predicted octanol–water partition coefficient (Wildman–Crippen LogP) is 4.95. The Morgan fingerprint density at radius 3 is 2.82 bits per heavy atom. The molecule has 0 saturated heterocycles. The van der Waals surface area contributed by atoms with Crippen LogP contribution in [0.3, 0.4) is 0 Å². The van der Waals surface area contributed by atoms with Gasteiger partial charge in [-0.15, -0.1) is 0 Å². The maximum Gasteiger partial charge on any atom is 0.262 e. The Morgan fingerprint density at radius 1 is 1.18 bits per heavy atom. The van der Waals surface area contributed by atoms with Crippen molar-refractivity contribution >= 4 is 46.9 Å². The molecule has 3 aromatic rings. The summed E-state index contributed by atoms with van der Waals surface area (Å²) in [6, 6.07) is 16.1. The molecule has 5 nitrogen and oxygen atoms in total. The molecule has 7 heteroatoms. The van der Waals surface area contributed by atoms with Gasteiger partial charge in [-0.3, -0.25) is 9.59 Å². The maximum atomic E-state index is 12.5. The number of furan rings is 1. The molecule has 28 heavy (non-hydrogen) atoms. The Labute approximate surface area is 170 Å². The van der Waals surface area contributed by atoms with E-state index in [-0.39, 0.29) is 11.8 Å². The lowest BCUT2D eigenvalue weighted by Crippen LogP contribution is -2.23. The highest BCUT2D eigenvalue weighted by Crippen LogP contribution is 2.39. The third-order valence-corrected chi connectivity index (χ3v) is 5.57. The van der Waals surface area contributed by atoms with E-state index in [9.17, 15) is 9.59 Å². The summed E-state index contributed by atoms with van der Waals surface area (Å²) in [6.07, 6.45) is 3.32. The average molecular weight is 411 g/mol. The zero-order chi connectivity index (χ0) is 19.5. The lowest BCUT2D eigenvalue weighted by atomic mass is 10.1. The largest absolute Gasteiger partial charge is 0.467 e. The summed E-state index contributed by atoms with van der Waals surface area (Å²) in [5, 5.41) is 6.22. The van der Waals surface area contributed by atoms with E-state index in [1.807, 2.05) is 24.3 Å². The summed E-state index contributed by atoms with van der Waals surface area (Å²) in [6.45, 7) is 0.300. The average Bonchev–Trinajstić information content (AvgIpc) is 3.21. The van der Waals surface area contributed by atoms with Crippen LogP contribution in [0.1, 0.15) is 21.7 Å². The van der Waals surface area contributed by atoms with Gasteiger partial charge in [0.05, 0.1) is 23.4 Å². The molecule has 1 aromatic heterocycles. The molecule has 1 aliphatic rings. The molecule has 2 amide bonds. The minimum Gasteiger partial charge on any atom is -0.467 e. The van der Waals surface area contributed by atoms with Crippen LogP contribution in [0.4, 0.5) is 5.69 Å². The van der Waals surface area contributed by atoms with Gasteiger partial charge in [-0.2, -0.15) is 0 Å². The lowest BCUT2D eigenvalue weighted by molar-refractivity contribution is -0.112. The van der Waals surface area contributed by atoms with Gasteiger partial charge in [0.2, 0.25) is 0 Å². The van der Waals surface area contributed by atoms with Crippen LogP contribution in [-0.2, 0) is 11.3 Å². The number of anilines is 1. The zero-order valence-electron chi connectivity index (χ0n) is 14.6. The standard InChI is InChI=1S/C21H15ClN2O3S/c22-16-6-2-1-4-13(16)11-19-21(26)24-17-10-14(7-8-18(17)28-19)20(25)23-12-15-5-3-9-27-15/h1-11H,12H2,(H,23,25)(H,24,26). The molecule has 0 radical (unpaired) electrons. The van der Waals surface area contributed by atoms with Crippen LogP contribution in [0.5, 0.6) is 0 Å². The fourth-order valence-corrected chi connectivity index (χ4v) is 3.83. The molecule has 0 spiro atoms. The number of rotatable bonds is 4. The second-order valence-electron chi connectivity index (χ2n) is 6.06. The van der Waals surface area contributed by atoms with Crippen molar-refractivity contribution in [3.05, 3.63) is 87.7 Å². The summed E-state index contributed by atoms with van der Waals surface area (Å²) in [5.41, 5.74) is 1.85.